The number of halogens is 2. The Bertz CT molecular complexity index is 1240. The van der Waals surface area contributed by atoms with Gasteiger partial charge in [0.15, 0.2) is 17.7 Å². The second-order valence-electron chi connectivity index (χ2n) is 8.18. The number of nitrogens with zero attached hydrogens (tertiary/aromatic N) is 5. The number of hydroxylamine groups is 2. The first kappa shape index (κ1) is 23.3. The molecule has 10 nitrogen and oxygen atoms in total. The van der Waals surface area contributed by atoms with Crippen molar-refractivity contribution >= 4 is 23.4 Å². The van der Waals surface area contributed by atoms with E-state index >= 15 is 0 Å². The van der Waals surface area contributed by atoms with E-state index < -0.39 is 35.2 Å². The maximum absolute atomic E-state index is 14.4. The number of ketones is 1. The van der Waals surface area contributed by atoms with Gasteiger partial charge in [-0.15, -0.1) is 0 Å². The van der Waals surface area contributed by atoms with Crippen LogP contribution in [-0.2, 0) is 29.1 Å². The molecule has 1 aromatic carbocycles. The van der Waals surface area contributed by atoms with Crippen molar-refractivity contribution in [3.8, 4) is 6.07 Å². The second-order valence-corrected chi connectivity index (χ2v) is 8.18. The summed E-state index contributed by atoms with van der Waals surface area (Å²) in [6.07, 6.45) is -0.307. The van der Waals surface area contributed by atoms with Gasteiger partial charge in [0, 0.05) is 31.5 Å². The normalized spacial score (nSPS) is 19.7. The van der Waals surface area contributed by atoms with Gasteiger partial charge in [0.25, 0.3) is 5.91 Å². The Kier molecular flexibility index (Phi) is 6.05. The number of carbonyl (C=O) groups is 3. The van der Waals surface area contributed by atoms with Gasteiger partial charge in [-0.3, -0.25) is 19.1 Å². The number of anilines is 1. The molecule has 178 valence electrons. The summed E-state index contributed by atoms with van der Waals surface area (Å²) in [6.45, 7) is 3.53. The molecule has 0 aliphatic carbocycles. The van der Waals surface area contributed by atoms with Crippen LogP contribution in [0.1, 0.15) is 47.6 Å². The summed E-state index contributed by atoms with van der Waals surface area (Å²) in [4.78, 5) is 45.2. The van der Waals surface area contributed by atoms with Crippen LogP contribution in [-0.4, -0.2) is 56.7 Å². The van der Waals surface area contributed by atoms with Crippen LogP contribution in [0.2, 0.25) is 0 Å². The van der Waals surface area contributed by atoms with Crippen molar-refractivity contribution in [2.75, 3.05) is 12.4 Å². The summed E-state index contributed by atoms with van der Waals surface area (Å²) < 4.78 is 29.5. The molecule has 1 unspecified atom stereocenters. The largest absolute Gasteiger partial charge is 0.322 e. The van der Waals surface area contributed by atoms with Gasteiger partial charge >= 0.3 is 6.03 Å². The fourth-order valence-corrected chi connectivity index (χ4v) is 4.14. The van der Waals surface area contributed by atoms with Crippen molar-refractivity contribution in [1.82, 2.24) is 19.7 Å². The number of hydrogen-bond acceptors (Lipinski definition) is 6. The van der Waals surface area contributed by atoms with E-state index in [4.69, 9.17) is 10.1 Å². The number of carbonyl (C=O) groups excluding carboxylic acids is 3. The highest BCUT2D eigenvalue weighted by molar-refractivity contribution is 5.95. The number of urea groups is 1. The minimum Gasteiger partial charge on any atom is -0.317 e. The van der Waals surface area contributed by atoms with Crippen LogP contribution in [0, 0.1) is 23.0 Å². The van der Waals surface area contributed by atoms with Gasteiger partial charge in [-0.1, -0.05) is 6.92 Å². The summed E-state index contributed by atoms with van der Waals surface area (Å²) in [7, 11) is 1.41. The molecular formula is C22H22F2N6O4. The molecule has 0 spiro atoms. The highest BCUT2D eigenvalue weighted by Gasteiger charge is 2.38. The lowest BCUT2D eigenvalue weighted by Crippen LogP contribution is -2.45. The van der Waals surface area contributed by atoms with Crippen molar-refractivity contribution in [2.24, 2.45) is 0 Å². The van der Waals surface area contributed by atoms with Crippen molar-refractivity contribution in [3.05, 3.63) is 46.3 Å². The summed E-state index contributed by atoms with van der Waals surface area (Å²) in [5.41, 5.74) is 0.222. The van der Waals surface area contributed by atoms with E-state index in [1.807, 2.05) is 0 Å². The molecule has 2 aliphatic rings. The number of aromatic nitrogens is 2. The molecule has 0 fully saturated rings. The van der Waals surface area contributed by atoms with E-state index in [0.717, 1.165) is 17.2 Å². The SMILES string of the molecule is CCC(=O)C1Cn2nc3c(c2C(=O)N(C)O1)CN(C(=O)Nc1ccc(F)c(C#N)c1F)[C@H](C)C3. The van der Waals surface area contributed by atoms with E-state index in [-0.39, 0.29) is 42.7 Å². The number of fused-ring (bicyclic) bond motifs is 3. The molecule has 3 amide bonds. The zero-order chi connectivity index (χ0) is 24.7. The molecule has 0 bridgehead atoms. The average molecular weight is 472 g/mol. The zero-order valence-corrected chi connectivity index (χ0v) is 18.8. The molecule has 0 radical (unpaired) electrons. The van der Waals surface area contributed by atoms with E-state index in [2.05, 4.69) is 10.4 Å². The molecule has 1 N–H and O–H groups in total. The van der Waals surface area contributed by atoms with Gasteiger partial charge in [0.2, 0.25) is 0 Å². The summed E-state index contributed by atoms with van der Waals surface area (Å²) in [5, 5.41) is 16.9. The number of nitrogens with one attached hydrogen (secondary N) is 1. The van der Waals surface area contributed by atoms with Crippen LogP contribution >= 0.6 is 0 Å². The minimum atomic E-state index is -1.17. The van der Waals surface area contributed by atoms with Crippen LogP contribution in [0.15, 0.2) is 12.1 Å². The van der Waals surface area contributed by atoms with Crippen LogP contribution in [0.4, 0.5) is 19.3 Å². The first-order valence-corrected chi connectivity index (χ1v) is 10.7. The molecule has 12 heteroatoms. The summed E-state index contributed by atoms with van der Waals surface area (Å²) in [6, 6.07) is 2.33. The lowest BCUT2D eigenvalue weighted by Gasteiger charge is -2.33. The minimum absolute atomic E-state index is 0.00242. The molecule has 34 heavy (non-hydrogen) atoms. The molecule has 2 atom stereocenters. The Labute approximate surface area is 193 Å². The molecule has 2 aliphatic heterocycles. The van der Waals surface area contributed by atoms with E-state index in [0.29, 0.717) is 17.7 Å². The summed E-state index contributed by atoms with van der Waals surface area (Å²) >= 11 is 0. The first-order chi connectivity index (χ1) is 16.2. The third kappa shape index (κ3) is 3.88. The molecule has 2 aromatic rings. The highest BCUT2D eigenvalue weighted by Crippen LogP contribution is 2.30. The van der Waals surface area contributed by atoms with Crippen LogP contribution in [0.5, 0.6) is 0 Å². The fourth-order valence-electron chi connectivity index (χ4n) is 4.14. The number of amides is 3. The topological polar surface area (TPSA) is 121 Å². The Morgan fingerprint density at radius 2 is 2.09 bits per heavy atom. The third-order valence-electron chi connectivity index (χ3n) is 6.01. The van der Waals surface area contributed by atoms with Crippen molar-refractivity contribution in [3.63, 3.8) is 0 Å². The maximum atomic E-state index is 14.4. The number of hydrogen-bond donors (Lipinski definition) is 1. The molecule has 3 heterocycles. The molecule has 1 aromatic heterocycles. The predicted octanol–water partition coefficient (Wildman–Crippen LogP) is 2.38. The van der Waals surface area contributed by atoms with Gasteiger partial charge in [-0.05, 0) is 19.1 Å². The molecule has 4 rings (SSSR count). The van der Waals surface area contributed by atoms with E-state index in [1.165, 1.54) is 22.7 Å². The summed E-state index contributed by atoms with van der Waals surface area (Å²) in [5.74, 6) is -2.87. The van der Waals surface area contributed by atoms with Gasteiger partial charge in [-0.2, -0.15) is 10.4 Å². The van der Waals surface area contributed by atoms with Gasteiger partial charge in [0.1, 0.15) is 23.1 Å². The van der Waals surface area contributed by atoms with Crippen LogP contribution in [0.25, 0.3) is 0 Å². The van der Waals surface area contributed by atoms with Crippen LogP contribution in [0.3, 0.4) is 0 Å². The fraction of sp³-hybridized carbons (Fsp3) is 0.409. The third-order valence-corrected chi connectivity index (χ3v) is 6.01. The quantitative estimate of drug-likeness (QED) is 0.732. The molecule has 0 saturated heterocycles. The van der Waals surface area contributed by atoms with Gasteiger partial charge in [-0.25, -0.2) is 18.6 Å². The predicted molar refractivity (Wildman–Crippen MR) is 113 cm³/mol. The molecular weight excluding hydrogens is 450 g/mol. The van der Waals surface area contributed by atoms with E-state index in [1.54, 1.807) is 13.8 Å². The van der Waals surface area contributed by atoms with Crippen LogP contribution < -0.4 is 5.32 Å². The lowest BCUT2D eigenvalue weighted by atomic mass is 9.99. The number of rotatable bonds is 3. The first-order valence-electron chi connectivity index (χ1n) is 10.7. The zero-order valence-electron chi connectivity index (χ0n) is 18.8. The van der Waals surface area contributed by atoms with Gasteiger partial charge in [0.05, 0.1) is 24.5 Å². The molecule has 0 saturated carbocycles. The smallest absolute Gasteiger partial charge is 0.317 e. The Morgan fingerprint density at radius 1 is 1.35 bits per heavy atom. The van der Waals surface area contributed by atoms with E-state index in [9.17, 15) is 23.2 Å². The lowest BCUT2D eigenvalue weighted by molar-refractivity contribution is -0.166. The number of Topliss-reactive ketones (excluding diaryl/α,β-unsaturated/α-hetero) is 1. The number of nitriles is 1. The second kappa shape index (κ2) is 8.83. The average Bonchev–Trinajstić information content (AvgIpc) is 3.09. The highest BCUT2D eigenvalue weighted by atomic mass is 19.1. The number of benzene rings is 1. The maximum Gasteiger partial charge on any atom is 0.322 e. The van der Waals surface area contributed by atoms with Crippen molar-refractivity contribution in [2.45, 2.75) is 51.9 Å². The monoisotopic (exact) mass is 472 g/mol. The Morgan fingerprint density at radius 3 is 2.76 bits per heavy atom. The Balaban J connectivity index is 1.64. The van der Waals surface area contributed by atoms with Crippen molar-refractivity contribution in [1.29, 1.82) is 5.26 Å². The van der Waals surface area contributed by atoms with Crippen molar-refractivity contribution < 1.29 is 28.0 Å². The standard InChI is InChI=1S/C22H22F2N6O4/c1-4-17(31)18-10-30-20(21(32)28(3)34-18)13-9-29(11(2)7-16(13)27-30)22(33)26-15-6-5-14(23)12(8-25)19(15)24/h5-6,11,18H,4,7,9-10H2,1-3H3,(H,26,33)/t11-,18?/m1/s1. The van der Waals surface area contributed by atoms with Gasteiger partial charge < -0.3 is 10.2 Å². The Hall–Kier alpha value is -3.85.